The summed E-state index contributed by atoms with van der Waals surface area (Å²) in [5.74, 6) is -0.720. The normalized spacial score (nSPS) is 12.2. The molecule has 1 N–H and O–H groups in total. The molecule has 0 saturated carbocycles. The zero-order valence-corrected chi connectivity index (χ0v) is 12.6. The first-order valence-corrected chi connectivity index (χ1v) is 6.53. The van der Waals surface area contributed by atoms with E-state index in [1.165, 1.54) is 12.1 Å². The molecule has 0 bridgehead atoms. The molecule has 1 unspecified atom stereocenters. The number of carboxylic acids is 1. The fraction of sp³-hybridized carbons (Fsp3) is 0.538. The van der Waals surface area contributed by atoms with E-state index in [2.05, 4.69) is 4.98 Å². The van der Waals surface area contributed by atoms with E-state index in [1.54, 1.807) is 14.2 Å². The third-order valence-electron chi connectivity index (χ3n) is 2.82. The average Bonchev–Trinajstić information content (AvgIpc) is 2.39. The molecule has 1 aromatic heterocycles. The molecular formula is C13H19ClN2O4. The number of hydrogen-bond donors (Lipinski definition) is 1. The van der Waals surface area contributed by atoms with Crippen molar-refractivity contribution in [2.24, 2.45) is 0 Å². The molecule has 7 heteroatoms. The summed E-state index contributed by atoms with van der Waals surface area (Å²) < 4.78 is 10.2. The number of aromatic nitrogens is 1. The van der Waals surface area contributed by atoms with Gasteiger partial charge in [0.15, 0.2) is 0 Å². The lowest BCUT2D eigenvalue weighted by Gasteiger charge is -2.30. The van der Waals surface area contributed by atoms with Crippen LogP contribution in [0.4, 0.5) is 5.82 Å². The standard InChI is InChI=1S/C13H19ClN2O4/c1-9(8-20-3)16(6-7-19-2)12-10(13(17)18)4-5-11(14)15-12/h4-5,9H,6-8H2,1-3H3,(H,17,18). The van der Waals surface area contributed by atoms with Crippen molar-refractivity contribution in [3.8, 4) is 0 Å². The summed E-state index contributed by atoms with van der Waals surface area (Å²) in [6.45, 7) is 3.31. The van der Waals surface area contributed by atoms with Crippen LogP contribution < -0.4 is 4.90 Å². The molecule has 0 aliphatic heterocycles. The van der Waals surface area contributed by atoms with Gasteiger partial charge in [-0.1, -0.05) is 11.6 Å². The topological polar surface area (TPSA) is 71.9 Å². The maximum atomic E-state index is 11.3. The van der Waals surface area contributed by atoms with Crippen LogP contribution in [0.5, 0.6) is 0 Å². The van der Waals surface area contributed by atoms with Crippen LogP contribution in [0.25, 0.3) is 0 Å². The minimum Gasteiger partial charge on any atom is -0.478 e. The lowest BCUT2D eigenvalue weighted by Crippen LogP contribution is -2.40. The number of rotatable bonds is 8. The van der Waals surface area contributed by atoms with Crippen LogP contribution in [0.15, 0.2) is 12.1 Å². The van der Waals surface area contributed by atoms with Crippen LogP contribution in [0.1, 0.15) is 17.3 Å². The predicted octanol–water partition coefficient (Wildman–Crippen LogP) is 1.92. The summed E-state index contributed by atoms with van der Waals surface area (Å²) in [6, 6.07) is 2.86. The monoisotopic (exact) mass is 302 g/mol. The quantitative estimate of drug-likeness (QED) is 0.740. The number of carboxylic acid groups (broad SMARTS) is 1. The van der Waals surface area contributed by atoms with Crippen LogP contribution in [-0.4, -0.2) is 56.1 Å². The van der Waals surface area contributed by atoms with Gasteiger partial charge in [-0.3, -0.25) is 0 Å². The summed E-state index contributed by atoms with van der Waals surface area (Å²) in [4.78, 5) is 17.3. The van der Waals surface area contributed by atoms with E-state index in [-0.39, 0.29) is 16.8 Å². The zero-order valence-electron chi connectivity index (χ0n) is 11.8. The third-order valence-corrected chi connectivity index (χ3v) is 3.03. The minimum atomic E-state index is -1.05. The Morgan fingerprint density at radius 1 is 1.45 bits per heavy atom. The second-order valence-electron chi connectivity index (χ2n) is 4.30. The summed E-state index contributed by atoms with van der Waals surface area (Å²) in [6.07, 6.45) is 0. The molecule has 0 fully saturated rings. The highest BCUT2D eigenvalue weighted by atomic mass is 35.5. The van der Waals surface area contributed by atoms with E-state index >= 15 is 0 Å². The molecule has 1 rings (SSSR count). The number of pyridine rings is 1. The lowest BCUT2D eigenvalue weighted by atomic mass is 10.2. The molecule has 0 spiro atoms. The second-order valence-corrected chi connectivity index (χ2v) is 4.69. The number of carbonyl (C=O) groups is 1. The predicted molar refractivity (Wildman–Crippen MR) is 76.8 cm³/mol. The zero-order chi connectivity index (χ0) is 15.1. The molecule has 20 heavy (non-hydrogen) atoms. The molecule has 0 aromatic carbocycles. The van der Waals surface area contributed by atoms with Gasteiger partial charge >= 0.3 is 5.97 Å². The average molecular weight is 303 g/mol. The molecule has 1 heterocycles. The Kier molecular flexibility index (Phi) is 6.70. The number of methoxy groups -OCH3 is 2. The maximum absolute atomic E-state index is 11.3. The third kappa shape index (κ3) is 4.33. The smallest absolute Gasteiger partial charge is 0.339 e. The van der Waals surface area contributed by atoms with Crippen molar-refractivity contribution in [2.75, 3.05) is 38.9 Å². The molecule has 112 valence electrons. The van der Waals surface area contributed by atoms with Gasteiger partial charge in [-0.25, -0.2) is 9.78 Å². The number of anilines is 1. The summed E-state index contributed by atoms with van der Waals surface area (Å²) in [5.41, 5.74) is 0.105. The van der Waals surface area contributed by atoms with Crippen LogP contribution in [-0.2, 0) is 9.47 Å². The molecule has 1 atom stereocenters. The van der Waals surface area contributed by atoms with Gasteiger partial charge in [-0.15, -0.1) is 0 Å². The molecule has 1 aromatic rings. The summed E-state index contributed by atoms with van der Waals surface area (Å²) in [7, 11) is 3.18. The van der Waals surface area contributed by atoms with Crippen molar-refractivity contribution >= 4 is 23.4 Å². The van der Waals surface area contributed by atoms with Gasteiger partial charge in [-0.2, -0.15) is 0 Å². The van der Waals surface area contributed by atoms with E-state index in [0.717, 1.165) is 0 Å². The van der Waals surface area contributed by atoms with Crippen LogP contribution in [0.3, 0.4) is 0 Å². The van der Waals surface area contributed by atoms with Gasteiger partial charge in [0.1, 0.15) is 16.5 Å². The van der Waals surface area contributed by atoms with Gasteiger partial charge < -0.3 is 19.5 Å². The molecule has 0 saturated heterocycles. The summed E-state index contributed by atoms with van der Waals surface area (Å²) in [5, 5.41) is 9.52. The Morgan fingerprint density at radius 2 is 2.15 bits per heavy atom. The van der Waals surface area contributed by atoms with Gasteiger partial charge in [0.2, 0.25) is 0 Å². The van der Waals surface area contributed by atoms with Gasteiger partial charge in [0.25, 0.3) is 0 Å². The minimum absolute atomic E-state index is 0.0563. The Bertz CT molecular complexity index is 456. The number of ether oxygens (including phenoxy) is 2. The number of halogens is 1. The first kappa shape index (κ1) is 16.7. The van der Waals surface area contributed by atoms with E-state index < -0.39 is 5.97 Å². The van der Waals surface area contributed by atoms with Crippen molar-refractivity contribution in [1.29, 1.82) is 0 Å². The van der Waals surface area contributed by atoms with Gasteiger partial charge in [-0.05, 0) is 19.1 Å². The van der Waals surface area contributed by atoms with Crippen LogP contribution >= 0.6 is 11.6 Å². The Balaban J connectivity index is 3.16. The first-order chi connectivity index (χ1) is 9.51. The van der Waals surface area contributed by atoms with Crippen molar-refractivity contribution in [2.45, 2.75) is 13.0 Å². The second kappa shape index (κ2) is 8.04. The Morgan fingerprint density at radius 3 is 2.70 bits per heavy atom. The number of aromatic carboxylic acids is 1. The molecular weight excluding hydrogens is 284 g/mol. The molecule has 0 aliphatic rings. The highest BCUT2D eigenvalue weighted by Gasteiger charge is 2.22. The molecule has 6 nitrogen and oxygen atoms in total. The largest absolute Gasteiger partial charge is 0.478 e. The summed E-state index contributed by atoms with van der Waals surface area (Å²) >= 11 is 5.89. The van der Waals surface area contributed by atoms with E-state index in [0.29, 0.717) is 25.6 Å². The van der Waals surface area contributed by atoms with Crippen molar-refractivity contribution < 1.29 is 19.4 Å². The fourth-order valence-corrected chi connectivity index (χ4v) is 2.01. The fourth-order valence-electron chi connectivity index (χ4n) is 1.87. The highest BCUT2D eigenvalue weighted by molar-refractivity contribution is 6.29. The maximum Gasteiger partial charge on any atom is 0.339 e. The number of hydrogen-bond acceptors (Lipinski definition) is 5. The lowest BCUT2D eigenvalue weighted by molar-refractivity contribution is 0.0696. The Labute approximate surface area is 123 Å². The van der Waals surface area contributed by atoms with Gasteiger partial charge in [0, 0.05) is 20.8 Å². The Hall–Kier alpha value is -1.37. The van der Waals surface area contributed by atoms with E-state index in [9.17, 15) is 9.90 Å². The highest BCUT2D eigenvalue weighted by Crippen LogP contribution is 2.23. The van der Waals surface area contributed by atoms with Crippen LogP contribution in [0.2, 0.25) is 5.15 Å². The van der Waals surface area contributed by atoms with Crippen LogP contribution in [0, 0.1) is 0 Å². The van der Waals surface area contributed by atoms with Crippen molar-refractivity contribution in [3.05, 3.63) is 22.8 Å². The SMILES string of the molecule is COCCN(c1nc(Cl)ccc1C(=O)O)C(C)COC. The molecule has 0 radical (unpaired) electrons. The molecule has 0 aliphatic carbocycles. The number of nitrogens with zero attached hydrogens (tertiary/aromatic N) is 2. The van der Waals surface area contributed by atoms with E-state index in [4.69, 9.17) is 21.1 Å². The van der Waals surface area contributed by atoms with Crippen molar-refractivity contribution in [3.63, 3.8) is 0 Å². The van der Waals surface area contributed by atoms with E-state index in [1.807, 2.05) is 11.8 Å². The first-order valence-electron chi connectivity index (χ1n) is 6.15. The van der Waals surface area contributed by atoms with Gasteiger partial charge in [0.05, 0.1) is 19.3 Å². The van der Waals surface area contributed by atoms with Crippen molar-refractivity contribution in [1.82, 2.24) is 4.98 Å². The molecule has 0 amide bonds.